The Morgan fingerprint density at radius 3 is 2.76 bits per heavy atom. The number of carbonyl (C=O) groups excluding carboxylic acids is 1. The molecule has 0 aromatic heterocycles. The number of ether oxygens (including phenoxy) is 1. The molecule has 21 heavy (non-hydrogen) atoms. The molecular weight excluding hydrogens is 264 g/mol. The van der Waals surface area contributed by atoms with Crippen molar-refractivity contribution in [2.75, 3.05) is 6.61 Å². The standard InChI is InChI=1S/C17H26N2O2/c1-4-12(3)19-16(20)11-10-14(18)17(19)13-8-6-7-9-15(13)21-5-2/h6-9,12,14,17H,4-5,10-11,18H2,1-3H3. The van der Waals surface area contributed by atoms with Gasteiger partial charge in [-0.1, -0.05) is 25.1 Å². The minimum Gasteiger partial charge on any atom is -0.494 e. The second-order valence-corrected chi connectivity index (χ2v) is 5.68. The van der Waals surface area contributed by atoms with E-state index < -0.39 is 0 Å². The number of hydrogen-bond donors (Lipinski definition) is 1. The third-order valence-corrected chi connectivity index (χ3v) is 4.29. The number of rotatable bonds is 5. The third kappa shape index (κ3) is 3.21. The van der Waals surface area contributed by atoms with Crippen molar-refractivity contribution in [2.45, 2.75) is 58.2 Å². The Labute approximate surface area is 127 Å². The van der Waals surface area contributed by atoms with Crippen molar-refractivity contribution in [1.29, 1.82) is 0 Å². The van der Waals surface area contributed by atoms with Crippen LogP contribution in [-0.4, -0.2) is 29.5 Å². The van der Waals surface area contributed by atoms with E-state index in [2.05, 4.69) is 13.8 Å². The first-order chi connectivity index (χ1) is 10.1. The first-order valence-electron chi connectivity index (χ1n) is 7.88. The van der Waals surface area contributed by atoms with Crippen LogP contribution >= 0.6 is 0 Å². The third-order valence-electron chi connectivity index (χ3n) is 4.29. The molecular formula is C17H26N2O2. The van der Waals surface area contributed by atoms with Gasteiger partial charge >= 0.3 is 0 Å². The van der Waals surface area contributed by atoms with Gasteiger partial charge in [-0.15, -0.1) is 0 Å². The van der Waals surface area contributed by atoms with Gasteiger partial charge in [0.25, 0.3) is 0 Å². The number of hydrogen-bond acceptors (Lipinski definition) is 3. The molecule has 0 radical (unpaired) electrons. The maximum atomic E-state index is 12.4. The van der Waals surface area contributed by atoms with Crippen molar-refractivity contribution in [1.82, 2.24) is 4.90 Å². The lowest BCUT2D eigenvalue weighted by atomic mass is 9.88. The van der Waals surface area contributed by atoms with Crippen molar-refractivity contribution in [3.63, 3.8) is 0 Å². The molecule has 2 rings (SSSR count). The van der Waals surface area contributed by atoms with Crippen LogP contribution in [0.4, 0.5) is 0 Å². The lowest BCUT2D eigenvalue weighted by Gasteiger charge is -2.43. The summed E-state index contributed by atoms with van der Waals surface area (Å²) in [7, 11) is 0. The van der Waals surface area contributed by atoms with Crippen molar-refractivity contribution < 1.29 is 9.53 Å². The smallest absolute Gasteiger partial charge is 0.223 e. The maximum absolute atomic E-state index is 12.4. The first kappa shape index (κ1) is 15.8. The largest absolute Gasteiger partial charge is 0.494 e. The van der Waals surface area contributed by atoms with Crippen molar-refractivity contribution in [2.24, 2.45) is 5.73 Å². The Balaban J connectivity index is 2.43. The molecule has 2 N–H and O–H groups in total. The fourth-order valence-electron chi connectivity index (χ4n) is 3.05. The van der Waals surface area contributed by atoms with Gasteiger partial charge in [-0.05, 0) is 32.8 Å². The fraction of sp³-hybridized carbons (Fsp3) is 0.588. The molecule has 1 aromatic carbocycles. The molecule has 1 saturated heterocycles. The lowest BCUT2D eigenvalue weighted by Crippen LogP contribution is -2.52. The average molecular weight is 290 g/mol. The fourth-order valence-corrected chi connectivity index (χ4v) is 3.05. The summed E-state index contributed by atoms with van der Waals surface area (Å²) in [5.74, 6) is 1.03. The number of piperidine rings is 1. The second-order valence-electron chi connectivity index (χ2n) is 5.68. The van der Waals surface area contributed by atoms with E-state index >= 15 is 0 Å². The molecule has 1 aromatic rings. The Morgan fingerprint density at radius 1 is 1.38 bits per heavy atom. The van der Waals surface area contributed by atoms with E-state index in [0.717, 1.165) is 24.2 Å². The summed E-state index contributed by atoms with van der Waals surface area (Å²) in [5, 5.41) is 0. The first-order valence-corrected chi connectivity index (χ1v) is 7.88. The highest BCUT2D eigenvalue weighted by molar-refractivity contribution is 5.78. The molecule has 0 saturated carbocycles. The van der Waals surface area contributed by atoms with Crippen LogP contribution in [0.1, 0.15) is 51.6 Å². The van der Waals surface area contributed by atoms with Gasteiger partial charge in [0.05, 0.1) is 12.6 Å². The van der Waals surface area contributed by atoms with Gasteiger partial charge in [0.15, 0.2) is 0 Å². The minimum absolute atomic E-state index is 0.0432. The average Bonchev–Trinajstić information content (AvgIpc) is 2.49. The zero-order chi connectivity index (χ0) is 15.4. The van der Waals surface area contributed by atoms with Gasteiger partial charge in [-0.2, -0.15) is 0 Å². The SMILES string of the molecule is CCOc1ccccc1C1C(N)CCC(=O)N1C(C)CC. The van der Waals surface area contributed by atoms with E-state index in [1.54, 1.807) is 0 Å². The zero-order valence-corrected chi connectivity index (χ0v) is 13.2. The predicted molar refractivity (Wildman–Crippen MR) is 84.2 cm³/mol. The van der Waals surface area contributed by atoms with E-state index in [1.165, 1.54) is 0 Å². The summed E-state index contributed by atoms with van der Waals surface area (Å²) in [4.78, 5) is 14.4. The summed E-state index contributed by atoms with van der Waals surface area (Å²) in [6, 6.07) is 7.98. The molecule has 1 aliphatic heterocycles. The Hall–Kier alpha value is -1.55. The van der Waals surface area contributed by atoms with Gasteiger partial charge in [-0.25, -0.2) is 0 Å². The topological polar surface area (TPSA) is 55.6 Å². The van der Waals surface area contributed by atoms with Crippen molar-refractivity contribution >= 4 is 5.91 Å². The molecule has 1 heterocycles. The molecule has 116 valence electrons. The number of nitrogens with two attached hydrogens (primary N) is 1. The summed E-state index contributed by atoms with van der Waals surface area (Å²) >= 11 is 0. The lowest BCUT2D eigenvalue weighted by molar-refractivity contribution is -0.140. The molecule has 1 amide bonds. The van der Waals surface area contributed by atoms with Crippen LogP contribution in [0.5, 0.6) is 5.75 Å². The van der Waals surface area contributed by atoms with E-state index in [9.17, 15) is 4.79 Å². The van der Waals surface area contributed by atoms with Crippen LogP contribution in [0.15, 0.2) is 24.3 Å². The van der Waals surface area contributed by atoms with E-state index in [4.69, 9.17) is 10.5 Å². The number of benzene rings is 1. The van der Waals surface area contributed by atoms with Crippen LogP contribution in [0, 0.1) is 0 Å². The second kappa shape index (κ2) is 6.94. The Kier molecular flexibility index (Phi) is 5.23. The molecule has 4 heteroatoms. The number of likely N-dealkylation sites (tertiary alicyclic amines) is 1. The highest BCUT2D eigenvalue weighted by Gasteiger charge is 2.38. The number of amides is 1. The van der Waals surface area contributed by atoms with E-state index in [-0.39, 0.29) is 24.0 Å². The highest BCUT2D eigenvalue weighted by Crippen LogP contribution is 2.37. The highest BCUT2D eigenvalue weighted by atomic mass is 16.5. The molecule has 3 atom stereocenters. The van der Waals surface area contributed by atoms with Crippen molar-refractivity contribution in [3.8, 4) is 5.75 Å². The van der Waals surface area contributed by atoms with Gasteiger partial charge in [-0.3, -0.25) is 4.79 Å². The summed E-state index contributed by atoms with van der Waals surface area (Å²) in [6.45, 7) is 6.77. The monoisotopic (exact) mass is 290 g/mol. The van der Waals surface area contributed by atoms with Gasteiger partial charge in [0.2, 0.25) is 5.91 Å². The van der Waals surface area contributed by atoms with Crippen LogP contribution in [-0.2, 0) is 4.79 Å². The summed E-state index contributed by atoms with van der Waals surface area (Å²) < 4.78 is 5.74. The van der Waals surface area contributed by atoms with Crippen LogP contribution in [0.2, 0.25) is 0 Å². The molecule has 0 bridgehead atoms. The normalized spacial score (nSPS) is 24.0. The molecule has 3 unspecified atom stereocenters. The van der Waals surface area contributed by atoms with E-state index in [1.807, 2.05) is 36.1 Å². The van der Waals surface area contributed by atoms with Crippen LogP contribution < -0.4 is 10.5 Å². The molecule has 0 spiro atoms. The number of carbonyl (C=O) groups is 1. The zero-order valence-electron chi connectivity index (χ0n) is 13.2. The number of nitrogens with zero attached hydrogens (tertiary/aromatic N) is 1. The summed E-state index contributed by atoms with van der Waals surface area (Å²) in [6.07, 6.45) is 2.20. The Bertz CT molecular complexity index is 489. The maximum Gasteiger partial charge on any atom is 0.223 e. The van der Waals surface area contributed by atoms with Gasteiger partial charge in [0.1, 0.15) is 5.75 Å². The number of para-hydroxylation sites is 1. The van der Waals surface area contributed by atoms with Gasteiger partial charge in [0, 0.05) is 24.1 Å². The molecule has 0 aliphatic carbocycles. The predicted octanol–water partition coefficient (Wildman–Crippen LogP) is 2.87. The summed E-state index contributed by atoms with van der Waals surface area (Å²) in [5.41, 5.74) is 7.40. The van der Waals surface area contributed by atoms with Crippen LogP contribution in [0.25, 0.3) is 0 Å². The Morgan fingerprint density at radius 2 is 2.10 bits per heavy atom. The van der Waals surface area contributed by atoms with Crippen LogP contribution in [0.3, 0.4) is 0 Å². The van der Waals surface area contributed by atoms with Crippen molar-refractivity contribution in [3.05, 3.63) is 29.8 Å². The molecule has 1 fully saturated rings. The molecule has 1 aliphatic rings. The van der Waals surface area contributed by atoms with E-state index in [0.29, 0.717) is 13.0 Å². The molecule has 4 nitrogen and oxygen atoms in total. The minimum atomic E-state index is -0.0936. The quantitative estimate of drug-likeness (QED) is 0.907. The van der Waals surface area contributed by atoms with Gasteiger partial charge < -0.3 is 15.4 Å².